The van der Waals surface area contributed by atoms with Crippen molar-refractivity contribution in [1.82, 2.24) is 4.72 Å². The second-order valence-corrected chi connectivity index (χ2v) is 7.20. The van der Waals surface area contributed by atoms with Gasteiger partial charge in [0, 0.05) is 12.1 Å². The van der Waals surface area contributed by atoms with Gasteiger partial charge in [-0.05, 0) is 36.8 Å². The van der Waals surface area contributed by atoms with Crippen LogP contribution >= 0.6 is 0 Å². The number of hydrogen-bond donors (Lipinski definition) is 1. The summed E-state index contributed by atoms with van der Waals surface area (Å²) >= 11 is 0. The van der Waals surface area contributed by atoms with Crippen LogP contribution < -0.4 is 14.2 Å². The summed E-state index contributed by atoms with van der Waals surface area (Å²) in [7, 11) is -1.20. The molecule has 0 aliphatic heterocycles. The molecule has 1 unspecified atom stereocenters. The molecule has 1 atom stereocenters. The quantitative estimate of drug-likeness (QED) is 0.817. The number of sulfonamides is 1. The number of rotatable bonds is 6. The SMILES string of the molecule is COc1ccc(S(=O)(=O)NC(C)c2cccc(C(F)(F)F)c2)cc1OC. The van der Waals surface area contributed by atoms with Gasteiger partial charge < -0.3 is 9.47 Å². The first-order valence-corrected chi connectivity index (χ1v) is 8.98. The zero-order valence-corrected chi connectivity index (χ0v) is 15.1. The first-order chi connectivity index (χ1) is 12.1. The maximum Gasteiger partial charge on any atom is 0.416 e. The van der Waals surface area contributed by atoms with Gasteiger partial charge in [-0.2, -0.15) is 13.2 Å². The fraction of sp³-hybridized carbons (Fsp3) is 0.294. The van der Waals surface area contributed by atoms with E-state index in [1.165, 1.54) is 51.5 Å². The van der Waals surface area contributed by atoms with Crippen LogP contribution in [0.15, 0.2) is 47.4 Å². The van der Waals surface area contributed by atoms with E-state index in [1.807, 2.05) is 0 Å². The topological polar surface area (TPSA) is 64.6 Å². The van der Waals surface area contributed by atoms with Crippen molar-refractivity contribution < 1.29 is 31.1 Å². The smallest absolute Gasteiger partial charge is 0.416 e. The Balaban J connectivity index is 2.29. The van der Waals surface area contributed by atoms with Gasteiger partial charge in [0.2, 0.25) is 10.0 Å². The van der Waals surface area contributed by atoms with Gasteiger partial charge in [-0.25, -0.2) is 13.1 Å². The first kappa shape index (κ1) is 20.1. The molecule has 9 heteroatoms. The van der Waals surface area contributed by atoms with E-state index in [0.29, 0.717) is 5.75 Å². The molecule has 2 aromatic rings. The number of benzene rings is 2. The fourth-order valence-electron chi connectivity index (χ4n) is 2.34. The summed E-state index contributed by atoms with van der Waals surface area (Å²) in [6, 6.07) is 7.68. The molecule has 2 aromatic carbocycles. The second kappa shape index (κ2) is 7.55. The van der Waals surface area contributed by atoms with Crippen LogP contribution in [0.25, 0.3) is 0 Å². The lowest BCUT2D eigenvalue weighted by molar-refractivity contribution is -0.137. The minimum absolute atomic E-state index is 0.0889. The standard InChI is InChI=1S/C17H18F3NO4S/c1-11(12-5-4-6-13(9-12)17(18,19)20)21-26(22,23)14-7-8-15(24-2)16(10-14)25-3/h4-11,21H,1-3H3. The van der Waals surface area contributed by atoms with E-state index < -0.39 is 27.8 Å². The predicted molar refractivity (Wildman–Crippen MR) is 89.7 cm³/mol. The molecule has 142 valence electrons. The average Bonchev–Trinajstić information content (AvgIpc) is 2.60. The van der Waals surface area contributed by atoms with E-state index in [2.05, 4.69) is 4.72 Å². The van der Waals surface area contributed by atoms with E-state index >= 15 is 0 Å². The highest BCUT2D eigenvalue weighted by molar-refractivity contribution is 7.89. The van der Waals surface area contributed by atoms with E-state index in [1.54, 1.807) is 0 Å². The molecule has 0 radical (unpaired) electrons. The van der Waals surface area contributed by atoms with Crippen LogP contribution in [0, 0.1) is 0 Å². The number of nitrogens with one attached hydrogen (secondary N) is 1. The van der Waals surface area contributed by atoms with Crippen LogP contribution in [0.5, 0.6) is 11.5 Å². The van der Waals surface area contributed by atoms with Gasteiger partial charge in [0.25, 0.3) is 0 Å². The van der Waals surface area contributed by atoms with Crippen LogP contribution in [0.3, 0.4) is 0 Å². The number of halogens is 3. The van der Waals surface area contributed by atoms with E-state index in [0.717, 1.165) is 12.1 Å². The Morgan fingerprint density at radius 2 is 1.65 bits per heavy atom. The third-order valence-corrected chi connectivity index (χ3v) is 5.25. The van der Waals surface area contributed by atoms with E-state index in [4.69, 9.17) is 9.47 Å². The van der Waals surface area contributed by atoms with Gasteiger partial charge in [-0.3, -0.25) is 0 Å². The Morgan fingerprint density at radius 1 is 1.00 bits per heavy atom. The molecule has 0 aliphatic rings. The van der Waals surface area contributed by atoms with Gasteiger partial charge in [0.15, 0.2) is 11.5 Å². The Morgan fingerprint density at radius 3 is 2.23 bits per heavy atom. The zero-order chi connectivity index (χ0) is 19.5. The Bertz CT molecular complexity index is 882. The van der Waals surface area contributed by atoms with Crippen molar-refractivity contribution in [3.8, 4) is 11.5 Å². The highest BCUT2D eigenvalue weighted by atomic mass is 32.2. The van der Waals surface area contributed by atoms with Crippen molar-refractivity contribution in [3.63, 3.8) is 0 Å². The molecule has 1 N–H and O–H groups in total. The molecule has 0 aliphatic carbocycles. The lowest BCUT2D eigenvalue weighted by Crippen LogP contribution is -2.27. The van der Waals surface area contributed by atoms with Gasteiger partial charge in [0.1, 0.15) is 0 Å². The largest absolute Gasteiger partial charge is 0.493 e. The van der Waals surface area contributed by atoms with Crippen molar-refractivity contribution in [3.05, 3.63) is 53.6 Å². The molecular formula is C17H18F3NO4S. The maximum atomic E-state index is 12.8. The minimum atomic E-state index is -4.50. The summed E-state index contributed by atoms with van der Waals surface area (Å²) in [5.41, 5.74) is -0.643. The van der Waals surface area contributed by atoms with Crippen LogP contribution in [-0.2, 0) is 16.2 Å². The fourth-order valence-corrected chi connectivity index (χ4v) is 3.58. The maximum absolute atomic E-state index is 12.8. The number of ether oxygens (including phenoxy) is 2. The Kier molecular flexibility index (Phi) is 5.82. The van der Waals surface area contributed by atoms with Crippen molar-refractivity contribution >= 4 is 10.0 Å². The summed E-state index contributed by atoms with van der Waals surface area (Å²) in [6.45, 7) is 1.47. The number of methoxy groups -OCH3 is 2. The van der Waals surface area contributed by atoms with Crippen molar-refractivity contribution in [1.29, 1.82) is 0 Å². The molecule has 5 nitrogen and oxygen atoms in total. The molecule has 26 heavy (non-hydrogen) atoms. The van der Waals surface area contributed by atoms with Crippen LogP contribution in [0.2, 0.25) is 0 Å². The van der Waals surface area contributed by atoms with Crippen LogP contribution in [0.4, 0.5) is 13.2 Å². The molecule has 0 bridgehead atoms. The molecule has 0 saturated carbocycles. The summed E-state index contributed by atoms with van der Waals surface area (Å²) in [5.74, 6) is 0.583. The molecule has 0 fully saturated rings. The zero-order valence-electron chi connectivity index (χ0n) is 14.3. The monoisotopic (exact) mass is 389 g/mol. The van der Waals surface area contributed by atoms with Crippen molar-refractivity contribution in [2.24, 2.45) is 0 Å². The summed E-state index contributed by atoms with van der Waals surface area (Å²) in [4.78, 5) is -0.0889. The Hall–Kier alpha value is -2.26. The van der Waals surface area contributed by atoms with Crippen molar-refractivity contribution in [2.75, 3.05) is 14.2 Å². The van der Waals surface area contributed by atoms with Gasteiger partial charge in [-0.1, -0.05) is 12.1 Å². The highest BCUT2D eigenvalue weighted by Gasteiger charge is 2.31. The van der Waals surface area contributed by atoms with E-state index in [9.17, 15) is 21.6 Å². The first-order valence-electron chi connectivity index (χ1n) is 7.50. The third-order valence-electron chi connectivity index (χ3n) is 3.71. The molecule has 2 rings (SSSR count). The lowest BCUT2D eigenvalue weighted by Gasteiger charge is -2.17. The van der Waals surface area contributed by atoms with Gasteiger partial charge >= 0.3 is 6.18 Å². The minimum Gasteiger partial charge on any atom is -0.493 e. The molecule has 0 saturated heterocycles. The summed E-state index contributed by atoms with van der Waals surface area (Å²) < 4.78 is 76.0. The van der Waals surface area contributed by atoms with Crippen molar-refractivity contribution in [2.45, 2.75) is 24.0 Å². The molecule has 0 aromatic heterocycles. The van der Waals surface area contributed by atoms with Gasteiger partial charge in [-0.15, -0.1) is 0 Å². The van der Waals surface area contributed by atoms with Crippen LogP contribution in [0.1, 0.15) is 24.1 Å². The highest BCUT2D eigenvalue weighted by Crippen LogP contribution is 2.32. The molecule has 0 spiro atoms. The second-order valence-electron chi connectivity index (χ2n) is 5.48. The molecular weight excluding hydrogens is 371 g/mol. The third kappa shape index (κ3) is 4.47. The summed E-state index contributed by atoms with van der Waals surface area (Å²) in [6.07, 6.45) is -4.50. The summed E-state index contributed by atoms with van der Waals surface area (Å²) in [5, 5.41) is 0. The Labute approximate surface area is 149 Å². The molecule has 0 heterocycles. The average molecular weight is 389 g/mol. The van der Waals surface area contributed by atoms with E-state index in [-0.39, 0.29) is 16.2 Å². The predicted octanol–water partition coefficient (Wildman–Crippen LogP) is 3.76. The van der Waals surface area contributed by atoms with Gasteiger partial charge in [0.05, 0.1) is 24.7 Å². The van der Waals surface area contributed by atoms with Crippen LogP contribution in [-0.4, -0.2) is 22.6 Å². The number of alkyl halides is 3. The normalized spacial score (nSPS) is 13.3. The lowest BCUT2D eigenvalue weighted by atomic mass is 10.1. The molecule has 0 amide bonds. The number of hydrogen-bond acceptors (Lipinski definition) is 4.